The van der Waals surface area contributed by atoms with E-state index in [2.05, 4.69) is 9.47 Å². The average Bonchev–Trinajstić information content (AvgIpc) is 1.68. The summed E-state index contributed by atoms with van der Waals surface area (Å²) in [5.41, 5.74) is 5.24. The van der Waals surface area contributed by atoms with Gasteiger partial charge < -0.3 is 15.2 Å². The van der Waals surface area contributed by atoms with Crippen molar-refractivity contribution in [1.82, 2.24) is 0 Å². The number of ether oxygens (including phenoxy) is 2. The summed E-state index contributed by atoms with van der Waals surface area (Å²) in [5.74, 6) is 0. The zero-order valence-corrected chi connectivity index (χ0v) is 4.68. The molecule has 7 heavy (non-hydrogen) atoms. The SMILES string of the molecule is COCC(N)OC. The van der Waals surface area contributed by atoms with Gasteiger partial charge in [0.1, 0.15) is 6.23 Å². The zero-order valence-electron chi connectivity index (χ0n) is 4.68. The molecule has 0 heterocycles. The summed E-state index contributed by atoms with van der Waals surface area (Å²) in [5, 5.41) is 0. The van der Waals surface area contributed by atoms with E-state index in [1.807, 2.05) is 0 Å². The Morgan fingerprint density at radius 2 is 2.14 bits per heavy atom. The van der Waals surface area contributed by atoms with E-state index in [1.165, 1.54) is 0 Å². The smallest absolute Gasteiger partial charge is 0.128 e. The molecule has 0 fully saturated rings. The Kier molecular flexibility index (Phi) is 3.98. The van der Waals surface area contributed by atoms with Crippen molar-refractivity contribution < 1.29 is 9.47 Å². The predicted molar refractivity (Wildman–Crippen MR) is 26.9 cm³/mol. The molecule has 0 aliphatic carbocycles. The lowest BCUT2D eigenvalue weighted by Crippen LogP contribution is -2.27. The number of nitrogens with two attached hydrogens (primary N) is 1. The van der Waals surface area contributed by atoms with Crippen LogP contribution < -0.4 is 5.73 Å². The van der Waals surface area contributed by atoms with Crippen LogP contribution in [0.5, 0.6) is 0 Å². The van der Waals surface area contributed by atoms with E-state index in [0.717, 1.165) is 0 Å². The van der Waals surface area contributed by atoms with Crippen LogP contribution in [0.3, 0.4) is 0 Å². The van der Waals surface area contributed by atoms with Crippen LogP contribution in [0.15, 0.2) is 0 Å². The summed E-state index contributed by atoms with van der Waals surface area (Å²) in [6, 6.07) is 0. The largest absolute Gasteiger partial charge is 0.381 e. The van der Waals surface area contributed by atoms with Crippen LogP contribution in [0, 0.1) is 0 Å². The molecule has 44 valence electrons. The molecular formula is C4H11NO2. The van der Waals surface area contributed by atoms with Crippen molar-refractivity contribution >= 4 is 0 Å². The van der Waals surface area contributed by atoms with Crippen molar-refractivity contribution in [2.24, 2.45) is 5.73 Å². The molecule has 3 heteroatoms. The third-order valence-corrected chi connectivity index (χ3v) is 0.634. The Labute approximate surface area is 43.4 Å². The maximum Gasteiger partial charge on any atom is 0.128 e. The molecule has 0 aromatic rings. The van der Waals surface area contributed by atoms with Crippen molar-refractivity contribution in [1.29, 1.82) is 0 Å². The maximum absolute atomic E-state index is 5.24. The van der Waals surface area contributed by atoms with Crippen LogP contribution in [-0.4, -0.2) is 27.1 Å². The van der Waals surface area contributed by atoms with Crippen molar-refractivity contribution in [3.05, 3.63) is 0 Å². The minimum Gasteiger partial charge on any atom is -0.381 e. The highest BCUT2D eigenvalue weighted by Gasteiger charge is 1.93. The van der Waals surface area contributed by atoms with Gasteiger partial charge >= 0.3 is 0 Å². The lowest BCUT2D eigenvalue weighted by Gasteiger charge is -2.05. The first-order chi connectivity index (χ1) is 3.31. The van der Waals surface area contributed by atoms with Gasteiger partial charge in [0.05, 0.1) is 6.61 Å². The summed E-state index contributed by atoms with van der Waals surface area (Å²) in [7, 11) is 3.13. The van der Waals surface area contributed by atoms with Crippen LogP contribution >= 0.6 is 0 Å². The van der Waals surface area contributed by atoms with Crippen molar-refractivity contribution in [2.75, 3.05) is 20.8 Å². The minimum absolute atomic E-state index is 0.273. The van der Waals surface area contributed by atoms with E-state index < -0.39 is 0 Å². The lowest BCUT2D eigenvalue weighted by atomic mass is 10.6. The Morgan fingerprint density at radius 1 is 1.57 bits per heavy atom. The molecule has 0 aromatic carbocycles. The molecule has 1 unspecified atom stereocenters. The quantitative estimate of drug-likeness (QED) is 0.495. The normalized spacial score (nSPS) is 14.1. The van der Waals surface area contributed by atoms with Crippen LogP contribution in [0.4, 0.5) is 0 Å². The predicted octanol–water partition coefficient (Wildman–Crippen LogP) is -0.436. The number of hydrogen-bond donors (Lipinski definition) is 1. The Hall–Kier alpha value is -0.120. The van der Waals surface area contributed by atoms with Gasteiger partial charge in [0.25, 0.3) is 0 Å². The molecule has 0 spiro atoms. The van der Waals surface area contributed by atoms with E-state index in [0.29, 0.717) is 6.61 Å². The number of methoxy groups -OCH3 is 2. The van der Waals surface area contributed by atoms with E-state index in [9.17, 15) is 0 Å². The Bertz CT molecular complexity index is 40.7. The molecular weight excluding hydrogens is 94.0 g/mol. The topological polar surface area (TPSA) is 44.5 Å². The fraction of sp³-hybridized carbons (Fsp3) is 1.00. The van der Waals surface area contributed by atoms with Gasteiger partial charge in [0.2, 0.25) is 0 Å². The summed E-state index contributed by atoms with van der Waals surface area (Å²) in [6.45, 7) is 0.455. The molecule has 0 saturated carbocycles. The molecule has 0 amide bonds. The molecule has 0 aromatic heterocycles. The average molecular weight is 105 g/mol. The van der Waals surface area contributed by atoms with E-state index in [1.54, 1.807) is 14.2 Å². The Morgan fingerprint density at radius 3 is 2.29 bits per heavy atom. The monoisotopic (exact) mass is 105 g/mol. The van der Waals surface area contributed by atoms with Crippen LogP contribution in [0.1, 0.15) is 0 Å². The van der Waals surface area contributed by atoms with Gasteiger partial charge in [-0.2, -0.15) is 0 Å². The standard InChI is InChI=1S/C4H11NO2/c1-6-3-4(5)7-2/h4H,3,5H2,1-2H3. The van der Waals surface area contributed by atoms with E-state index >= 15 is 0 Å². The van der Waals surface area contributed by atoms with Crippen LogP contribution in [0.25, 0.3) is 0 Å². The summed E-state index contributed by atoms with van der Waals surface area (Å²) >= 11 is 0. The zero-order chi connectivity index (χ0) is 5.70. The summed E-state index contributed by atoms with van der Waals surface area (Å²) in [4.78, 5) is 0. The third-order valence-electron chi connectivity index (χ3n) is 0.634. The van der Waals surface area contributed by atoms with Crippen molar-refractivity contribution in [2.45, 2.75) is 6.23 Å². The van der Waals surface area contributed by atoms with Gasteiger partial charge in [-0.15, -0.1) is 0 Å². The van der Waals surface area contributed by atoms with Crippen LogP contribution in [-0.2, 0) is 9.47 Å². The summed E-state index contributed by atoms with van der Waals surface area (Å²) < 4.78 is 9.29. The van der Waals surface area contributed by atoms with E-state index in [-0.39, 0.29) is 6.23 Å². The first-order valence-electron chi connectivity index (χ1n) is 2.08. The van der Waals surface area contributed by atoms with Gasteiger partial charge in [-0.25, -0.2) is 0 Å². The van der Waals surface area contributed by atoms with Gasteiger partial charge in [0.15, 0.2) is 0 Å². The Balaban J connectivity index is 2.83. The van der Waals surface area contributed by atoms with Gasteiger partial charge in [-0.1, -0.05) is 0 Å². The lowest BCUT2D eigenvalue weighted by molar-refractivity contribution is 0.0326. The molecule has 3 nitrogen and oxygen atoms in total. The molecule has 0 radical (unpaired) electrons. The molecule has 1 atom stereocenters. The molecule has 0 aliphatic heterocycles. The highest BCUT2D eigenvalue weighted by atomic mass is 16.5. The maximum atomic E-state index is 5.24. The fourth-order valence-corrected chi connectivity index (χ4v) is 0.232. The number of hydrogen-bond acceptors (Lipinski definition) is 3. The third kappa shape index (κ3) is 3.72. The van der Waals surface area contributed by atoms with E-state index in [4.69, 9.17) is 5.73 Å². The molecule has 2 N–H and O–H groups in total. The first kappa shape index (κ1) is 6.88. The highest BCUT2D eigenvalue weighted by molar-refractivity contribution is 4.38. The summed E-state index contributed by atoms with van der Waals surface area (Å²) in [6.07, 6.45) is -0.273. The highest BCUT2D eigenvalue weighted by Crippen LogP contribution is 1.76. The second-order valence-corrected chi connectivity index (χ2v) is 1.23. The first-order valence-corrected chi connectivity index (χ1v) is 2.08. The van der Waals surface area contributed by atoms with Crippen molar-refractivity contribution in [3.63, 3.8) is 0 Å². The second kappa shape index (κ2) is 4.05. The molecule has 0 aliphatic rings. The van der Waals surface area contributed by atoms with Gasteiger partial charge in [-0.3, -0.25) is 0 Å². The molecule has 0 rings (SSSR count). The van der Waals surface area contributed by atoms with Gasteiger partial charge in [0, 0.05) is 14.2 Å². The fourth-order valence-electron chi connectivity index (χ4n) is 0.232. The second-order valence-electron chi connectivity index (χ2n) is 1.23. The van der Waals surface area contributed by atoms with Gasteiger partial charge in [-0.05, 0) is 0 Å². The number of rotatable bonds is 3. The van der Waals surface area contributed by atoms with Crippen LogP contribution in [0.2, 0.25) is 0 Å². The molecule has 0 bridgehead atoms. The molecule has 0 saturated heterocycles. The minimum atomic E-state index is -0.273. The van der Waals surface area contributed by atoms with Crippen molar-refractivity contribution in [3.8, 4) is 0 Å².